The number of hydrogen-bond acceptors (Lipinski definition) is 4. The second-order valence-electron chi connectivity index (χ2n) is 6.96. The summed E-state index contributed by atoms with van der Waals surface area (Å²) in [6.45, 7) is 0.939. The highest BCUT2D eigenvalue weighted by Crippen LogP contribution is 2.22. The number of esters is 1. The monoisotopic (exact) mass is 381 g/mol. The molecule has 5 nitrogen and oxygen atoms in total. The molecular weight excluding hydrogens is 361 g/mol. The summed E-state index contributed by atoms with van der Waals surface area (Å²) in [5.74, 6) is -0.707. The summed E-state index contributed by atoms with van der Waals surface area (Å²) in [6.07, 6.45) is 1.39. The smallest absolute Gasteiger partial charge is 0.311 e. The molecule has 4 rings (SSSR count). The zero-order valence-corrected chi connectivity index (χ0v) is 15.3. The highest BCUT2D eigenvalue weighted by Gasteiger charge is 2.30. The first-order chi connectivity index (χ1) is 13.6. The van der Waals surface area contributed by atoms with Crippen LogP contribution in [0.5, 0.6) is 0 Å². The van der Waals surface area contributed by atoms with Gasteiger partial charge in [0, 0.05) is 24.0 Å². The van der Waals surface area contributed by atoms with Gasteiger partial charge in [-0.15, -0.1) is 0 Å². The Morgan fingerprint density at radius 3 is 2.71 bits per heavy atom. The van der Waals surface area contributed by atoms with Gasteiger partial charge in [0.15, 0.2) is 0 Å². The molecule has 0 aliphatic carbocycles. The average molecular weight is 381 g/mol. The van der Waals surface area contributed by atoms with Crippen LogP contribution in [0, 0.1) is 11.7 Å². The van der Waals surface area contributed by atoms with Crippen LogP contribution in [0.1, 0.15) is 29.0 Å². The molecule has 1 aromatic heterocycles. The first-order valence-electron chi connectivity index (χ1n) is 9.29. The molecule has 0 N–H and O–H groups in total. The third kappa shape index (κ3) is 3.91. The van der Waals surface area contributed by atoms with Gasteiger partial charge in [-0.05, 0) is 49.2 Å². The topological polar surface area (TPSA) is 59.8 Å². The molecule has 0 saturated carbocycles. The van der Waals surface area contributed by atoms with Gasteiger partial charge in [0.05, 0.1) is 5.92 Å². The van der Waals surface area contributed by atoms with E-state index in [9.17, 15) is 14.0 Å². The number of rotatable bonds is 4. The highest BCUT2D eigenvalue weighted by molar-refractivity contribution is 5.94. The second-order valence-corrected chi connectivity index (χ2v) is 6.96. The number of amides is 1. The minimum atomic E-state index is -0.387. The maximum atomic E-state index is 13.1. The molecule has 2 heterocycles. The standard InChI is InChI=1S/C22H20FNO4/c23-18-9-7-15(8-10-18)21(25)24-11-3-5-17(13-24)22(26)27-14-19-12-16-4-1-2-6-20(16)28-19/h1-2,4,6-10,12,17H,3,5,11,13-14H2. The van der Waals surface area contributed by atoms with Crippen LogP contribution in [0.4, 0.5) is 4.39 Å². The molecule has 6 heteroatoms. The predicted molar refractivity (Wildman–Crippen MR) is 101 cm³/mol. The summed E-state index contributed by atoms with van der Waals surface area (Å²) in [4.78, 5) is 26.7. The molecule has 28 heavy (non-hydrogen) atoms. The van der Waals surface area contributed by atoms with E-state index >= 15 is 0 Å². The molecule has 1 amide bonds. The molecule has 1 unspecified atom stereocenters. The molecule has 1 fully saturated rings. The lowest BCUT2D eigenvalue weighted by Crippen LogP contribution is -2.42. The fraction of sp³-hybridized carbons (Fsp3) is 0.273. The van der Waals surface area contributed by atoms with Crippen LogP contribution in [-0.2, 0) is 16.1 Å². The van der Waals surface area contributed by atoms with Crippen LogP contribution < -0.4 is 0 Å². The maximum absolute atomic E-state index is 13.1. The molecule has 1 aliphatic heterocycles. The van der Waals surface area contributed by atoms with Gasteiger partial charge >= 0.3 is 5.97 Å². The van der Waals surface area contributed by atoms with Crippen molar-refractivity contribution >= 4 is 22.8 Å². The van der Waals surface area contributed by atoms with Crippen LogP contribution in [-0.4, -0.2) is 29.9 Å². The van der Waals surface area contributed by atoms with Gasteiger partial charge in [-0.1, -0.05) is 18.2 Å². The fourth-order valence-electron chi connectivity index (χ4n) is 3.50. The van der Waals surface area contributed by atoms with Crippen molar-refractivity contribution < 1.29 is 23.1 Å². The van der Waals surface area contributed by atoms with Gasteiger partial charge in [-0.2, -0.15) is 0 Å². The number of para-hydroxylation sites is 1. The van der Waals surface area contributed by atoms with Crippen LogP contribution in [0.3, 0.4) is 0 Å². The molecular formula is C22H20FNO4. The Hall–Kier alpha value is -3.15. The first kappa shape index (κ1) is 18.2. The second kappa shape index (κ2) is 7.84. The number of ether oxygens (including phenoxy) is 1. The van der Waals surface area contributed by atoms with Crippen molar-refractivity contribution in [3.8, 4) is 0 Å². The Morgan fingerprint density at radius 1 is 1.14 bits per heavy atom. The lowest BCUT2D eigenvalue weighted by Gasteiger charge is -2.31. The van der Waals surface area contributed by atoms with E-state index in [0.29, 0.717) is 30.8 Å². The van der Waals surface area contributed by atoms with Crippen molar-refractivity contribution in [2.24, 2.45) is 5.92 Å². The van der Waals surface area contributed by atoms with E-state index < -0.39 is 0 Å². The highest BCUT2D eigenvalue weighted by atomic mass is 19.1. The molecule has 1 atom stereocenters. The van der Waals surface area contributed by atoms with Crippen LogP contribution >= 0.6 is 0 Å². The zero-order chi connectivity index (χ0) is 19.5. The van der Waals surface area contributed by atoms with E-state index in [0.717, 1.165) is 17.4 Å². The third-order valence-electron chi connectivity index (χ3n) is 4.97. The van der Waals surface area contributed by atoms with Gasteiger partial charge in [0.1, 0.15) is 23.8 Å². The molecule has 1 aliphatic rings. The van der Waals surface area contributed by atoms with E-state index in [4.69, 9.17) is 9.15 Å². The van der Waals surface area contributed by atoms with Crippen LogP contribution in [0.2, 0.25) is 0 Å². The molecule has 144 valence electrons. The van der Waals surface area contributed by atoms with Crippen molar-refractivity contribution in [1.29, 1.82) is 0 Å². The molecule has 0 bridgehead atoms. The molecule has 0 spiro atoms. The molecule has 1 saturated heterocycles. The SMILES string of the molecule is O=C(OCc1cc2ccccc2o1)C1CCCN(C(=O)c2ccc(F)cc2)C1. The minimum absolute atomic E-state index is 0.0654. The summed E-state index contributed by atoms with van der Waals surface area (Å²) in [5.41, 5.74) is 1.17. The van der Waals surface area contributed by atoms with Crippen LogP contribution in [0.15, 0.2) is 59.0 Å². The largest absolute Gasteiger partial charge is 0.457 e. The Kier molecular flexibility index (Phi) is 5.10. The Morgan fingerprint density at radius 2 is 1.93 bits per heavy atom. The van der Waals surface area contributed by atoms with Crippen molar-refractivity contribution in [2.45, 2.75) is 19.4 Å². The predicted octanol–water partition coefficient (Wildman–Crippen LogP) is 4.17. The van der Waals surface area contributed by atoms with Gasteiger partial charge in [-0.25, -0.2) is 4.39 Å². The average Bonchev–Trinajstić information content (AvgIpc) is 3.15. The van der Waals surface area contributed by atoms with E-state index in [1.807, 2.05) is 30.3 Å². The van der Waals surface area contributed by atoms with E-state index in [2.05, 4.69) is 0 Å². The number of carbonyl (C=O) groups is 2. The number of likely N-dealkylation sites (tertiary alicyclic amines) is 1. The quantitative estimate of drug-likeness (QED) is 0.637. The summed E-state index contributed by atoms with van der Waals surface area (Å²) in [6, 6.07) is 14.9. The van der Waals surface area contributed by atoms with Gasteiger partial charge in [0.2, 0.25) is 0 Å². The third-order valence-corrected chi connectivity index (χ3v) is 4.97. The minimum Gasteiger partial charge on any atom is -0.457 e. The van der Waals surface area contributed by atoms with Crippen molar-refractivity contribution in [3.63, 3.8) is 0 Å². The van der Waals surface area contributed by atoms with Gasteiger partial charge in [0.25, 0.3) is 5.91 Å². The zero-order valence-electron chi connectivity index (χ0n) is 15.3. The van der Waals surface area contributed by atoms with E-state index in [-0.39, 0.29) is 30.2 Å². The number of hydrogen-bond donors (Lipinski definition) is 0. The fourth-order valence-corrected chi connectivity index (χ4v) is 3.50. The van der Waals surface area contributed by atoms with Gasteiger partial charge < -0.3 is 14.1 Å². The Bertz CT molecular complexity index is 962. The number of fused-ring (bicyclic) bond motifs is 1. The Labute approximate surface area is 161 Å². The van der Waals surface area contributed by atoms with E-state index in [1.54, 1.807) is 4.90 Å². The maximum Gasteiger partial charge on any atom is 0.311 e. The summed E-state index contributed by atoms with van der Waals surface area (Å²) in [7, 11) is 0. The van der Waals surface area contributed by atoms with Crippen molar-refractivity contribution in [2.75, 3.05) is 13.1 Å². The normalized spacial score (nSPS) is 16.9. The number of furan rings is 1. The molecule has 2 aromatic carbocycles. The summed E-state index contributed by atoms with van der Waals surface area (Å²) < 4.78 is 24.1. The molecule has 3 aromatic rings. The number of nitrogens with zero attached hydrogens (tertiary/aromatic N) is 1. The first-order valence-corrected chi connectivity index (χ1v) is 9.29. The summed E-state index contributed by atoms with van der Waals surface area (Å²) >= 11 is 0. The molecule has 0 radical (unpaired) electrons. The number of carbonyl (C=O) groups excluding carboxylic acids is 2. The van der Waals surface area contributed by atoms with Gasteiger partial charge in [-0.3, -0.25) is 9.59 Å². The van der Waals surface area contributed by atoms with E-state index in [1.165, 1.54) is 24.3 Å². The lowest BCUT2D eigenvalue weighted by atomic mass is 9.97. The van der Waals surface area contributed by atoms with Crippen molar-refractivity contribution in [3.05, 3.63) is 71.7 Å². The Balaban J connectivity index is 1.36. The summed E-state index contributed by atoms with van der Waals surface area (Å²) in [5, 5.41) is 0.960. The number of halogens is 1. The van der Waals surface area contributed by atoms with Crippen LogP contribution in [0.25, 0.3) is 11.0 Å². The lowest BCUT2D eigenvalue weighted by molar-refractivity contribution is -0.151. The number of benzene rings is 2. The number of piperidine rings is 1. The van der Waals surface area contributed by atoms with Crippen molar-refractivity contribution in [1.82, 2.24) is 4.90 Å².